The Labute approximate surface area is 150 Å². The molecular formula is C22H16FNO2. The number of aromatic hydroxyl groups is 1. The van der Waals surface area contributed by atoms with Crippen LogP contribution in [0, 0.1) is 5.82 Å². The molecule has 0 amide bonds. The van der Waals surface area contributed by atoms with E-state index in [1.807, 2.05) is 0 Å². The minimum Gasteiger partial charge on any atom is -0.508 e. The smallest absolute Gasteiger partial charge is 0.185 e. The number of aliphatic imine (C=N–C) groups is 1. The Balaban J connectivity index is 1.65. The van der Waals surface area contributed by atoms with Crippen molar-refractivity contribution < 1.29 is 14.3 Å². The van der Waals surface area contributed by atoms with Gasteiger partial charge in [-0.05, 0) is 77.9 Å². The van der Waals surface area contributed by atoms with Gasteiger partial charge in [-0.15, -0.1) is 0 Å². The van der Waals surface area contributed by atoms with Gasteiger partial charge in [-0.25, -0.2) is 4.39 Å². The van der Waals surface area contributed by atoms with E-state index < -0.39 is 0 Å². The Hall–Kier alpha value is -3.53. The second-order valence-corrected chi connectivity index (χ2v) is 5.65. The molecular weight excluding hydrogens is 329 g/mol. The fourth-order valence-corrected chi connectivity index (χ4v) is 2.26. The number of allylic oxidation sites excluding steroid dienone is 1. The van der Waals surface area contributed by atoms with Crippen LogP contribution in [0.5, 0.6) is 5.75 Å². The topological polar surface area (TPSA) is 49.7 Å². The fraction of sp³-hybridized carbons (Fsp3) is 0. The van der Waals surface area contributed by atoms with Gasteiger partial charge in [-0.2, -0.15) is 0 Å². The van der Waals surface area contributed by atoms with Gasteiger partial charge in [0.25, 0.3) is 0 Å². The zero-order valence-corrected chi connectivity index (χ0v) is 13.8. The number of hydrogen-bond acceptors (Lipinski definition) is 3. The summed E-state index contributed by atoms with van der Waals surface area (Å²) in [6, 6.07) is 19.6. The third kappa shape index (κ3) is 4.74. The summed E-state index contributed by atoms with van der Waals surface area (Å²) in [6.45, 7) is 0. The summed E-state index contributed by atoms with van der Waals surface area (Å²) in [7, 11) is 0. The van der Waals surface area contributed by atoms with Gasteiger partial charge >= 0.3 is 0 Å². The maximum Gasteiger partial charge on any atom is 0.185 e. The number of phenolic OH excluding ortho intramolecular Hbond substituents is 1. The summed E-state index contributed by atoms with van der Waals surface area (Å²) in [5, 5.41) is 9.25. The molecule has 4 heteroatoms. The molecule has 26 heavy (non-hydrogen) atoms. The van der Waals surface area contributed by atoms with E-state index in [-0.39, 0.29) is 17.3 Å². The quantitative estimate of drug-likeness (QED) is 0.394. The van der Waals surface area contributed by atoms with E-state index in [1.165, 1.54) is 18.2 Å². The Morgan fingerprint density at radius 1 is 0.846 bits per heavy atom. The van der Waals surface area contributed by atoms with Crippen molar-refractivity contribution in [3.05, 3.63) is 101 Å². The van der Waals surface area contributed by atoms with Crippen LogP contribution in [-0.4, -0.2) is 17.1 Å². The molecule has 0 aliphatic rings. The van der Waals surface area contributed by atoms with Gasteiger partial charge in [0.1, 0.15) is 11.6 Å². The van der Waals surface area contributed by atoms with Crippen LogP contribution in [0.2, 0.25) is 0 Å². The molecule has 0 radical (unpaired) electrons. The lowest BCUT2D eigenvalue weighted by atomic mass is 10.1. The molecule has 0 saturated heterocycles. The van der Waals surface area contributed by atoms with Crippen LogP contribution >= 0.6 is 0 Å². The first-order valence-electron chi connectivity index (χ1n) is 8.01. The summed E-state index contributed by atoms with van der Waals surface area (Å²) in [4.78, 5) is 16.5. The molecule has 128 valence electrons. The average Bonchev–Trinajstić information content (AvgIpc) is 2.67. The summed E-state index contributed by atoms with van der Waals surface area (Å²) in [5.74, 6) is -0.237. The van der Waals surface area contributed by atoms with Crippen LogP contribution in [0.3, 0.4) is 0 Å². The van der Waals surface area contributed by atoms with E-state index in [0.29, 0.717) is 5.56 Å². The van der Waals surface area contributed by atoms with Gasteiger partial charge < -0.3 is 5.11 Å². The maximum atomic E-state index is 12.9. The van der Waals surface area contributed by atoms with Crippen molar-refractivity contribution in [3.8, 4) is 5.75 Å². The van der Waals surface area contributed by atoms with Crippen molar-refractivity contribution in [3.63, 3.8) is 0 Å². The van der Waals surface area contributed by atoms with Crippen LogP contribution in [0.15, 0.2) is 83.9 Å². The summed E-state index contributed by atoms with van der Waals surface area (Å²) in [5.41, 5.74) is 2.89. The van der Waals surface area contributed by atoms with Gasteiger partial charge in [0, 0.05) is 11.8 Å². The fourth-order valence-electron chi connectivity index (χ4n) is 2.26. The van der Waals surface area contributed by atoms with E-state index in [0.717, 1.165) is 16.8 Å². The molecule has 0 unspecified atom stereocenters. The van der Waals surface area contributed by atoms with E-state index >= 15 is 0 Å². The number of ketones is 1. The highest BCUT2D eigenvalue weighted by Gasteiger charge is 2.01. The summed E-state index contributed by atoms with van der Waals surface area (Å²) < 4.78 is 12.9. The van der Waals surface area contributed by atoms with Crippen LogP contribution in [-0.2, 0) is 0 Å². The monoisotopic (exact) mass is 345 g/mol. The molecule has 0 aromatic heterocycles. The molecule has 0 atom stereocenters. The molecule has 3 aromatic rings. The van der Waals surface area contributed by atoms with Crippen molar-refractivity contribution in [1.29, 1.82) is 0 Å². The van der Waals surface area contributed by atoms with E-state index in [4.69, 9.17) is 0 Å². The normalized spacial score (nSPS) is 11.3. The number of carbonyl (C=O) groups is 1. The summed E-state index contributed by atoms with van der Waals surface area (Å²) in [6.07, 6.45) is 4.80. The first-order chi connectivity index (χ1) is 12.6. The number of benzene rings is 3. The zero-order valence-electron chi connectivity index (χ0n) is 13.8. The average molecular weight is 345 g/mol. The van der Waals surface area contributed by atoms with Crippen molar-refractivity contribution in [2.24, 2.45) is 4.99 Å². The highest BCUT2D eigenvalue weighted by Crippen LogP contribution is 2.15. The molecule has 0 heterocycles. The molecule has 3 aromatic carbocycles. The second-order valence-electron chi connectivity index (χ2n) is 5.65. The lowest BCUT2D eigenvalue weighted by Crippen LogP contribution is -1.93. The number of rotatable bonds is 5. The van der Waals surface area contributed by atoms with Gasteiger partial charge in [-0.3, -0.25) is 9.79 Å². The third-order valence-electron chi connectivity index (χ3n) is 3.70. The highest BCUT2D eigenvalue weighted by molar-refractivity contribution is 6.07. The van der Waals surface area contributed by atoms with Gasteiger partial charge in [-0.1, -0.05) is 18.2 Å². The Morgan fingerprint density at radius 2 is 1.46 bits per heavy atom. The van der Waals surface area contributed by atoms with Gasteiger partial charge in [0.2, 0.25) is 0 Å². The van der Waals surface area contributed by atoms with Crippen molar-refractivity contribution in [2.75, 3.05) is 0 Å². The standard InChI is InChI=1S/C22H16FNO2/c23-19-8-1-16(2-9-19)5-14-22(26)18-6-10-20(11-7-18)24-15-17-3-12-21(25)13-4-17/h1-15,25H/b14-5+,24-15?. The third-order valence-corrected chi connectivity index (χ3v) is 3.70. The molecule has 3 nitrogen and oxygen atoms in total. The predicted molar refractivity (Wildman–Crippen MR) is 102 cm³/mol. The molecule has 0 saturated carbocycles. The maximum absolute atomic E-state index is 12.9. The number of halogens is 1. The lowest BCUT2D eigenvalue weighted by molar-refractivity contribution is 0.104. The van der Waals surface area contributed by atoms with Crippen LogP contribution in [0.25, 0.3) is 6.08 Å². The van der Waals surface area contributed by atoms with Crippen molar-refractivity contribution in [2.45, 2.75) is 0 Å². The molecule has 3 rings (SSSR count). The first kappa shape index (κ1) is 17.3. The Kier molecular flexibility index (Phi) is 5.34. The molecule has 0 spiro atoms. The largest absolute Gasteiger partial charge is 0.508 e. The lowest BCUT2D eigenvalue weighted by Gasteiger charge is -1.98. The van der Waals surface area contributed by atoms with E-state index in [9.17, 15) is 14.3 Å². The van der Waals surface area contributed by atoms with E-state index in [2.05, 4.69) is 4.99 Å². The number of carbonyl (C=O) groups excluding carboxylic acids is 1. The van der Waals surface area contributed by atoms with Gasteiger partial charge in [0.05, 0.1) is 5.69 Å². The molecule has 1 N–H and O–H groups in total. The Morgan fingerprint density at radius 3 is 2.12 bits per heavy atom. The SMILES string of the molecule is O=C(/C=C/c1ccc(F)cc1)c1ccc(N=Cc2ccc(O)cc2)cc1. The zero-order chi connectivity index (χ0) is 18.4. The highest BCUT2D eigenvalue weighted by atomic mass is 19.1. The molecule has 0 aliphatic carbocycles. The second kappa shape index (κ2) is 8.03. The number of hydrogen-bond donors (Lipinski definition) is 1. The van der Waals surface area contributed by atoms with Crippen LogP contribution < -0.4 is 0 Å². The molecule has 0 aliphatic heterocycles. The predicted octanol–water partition coefficient (Wildman–Crippen LogP) is 5.18. The van der Waals surface area contributed by atoms with Crippen molar-refractivity contribution in [1.82, 2.24) is 0 Å². The van der Waals surface area contributed by atoms with Crippen LogP contribution in [0.1, 0.15) is 21.5 Å². The first-order valence-corrected chi connectivity index (χ1v) is 8.01. The minimum absolute atomic E-state index is 0.136. The number of nitrogens with zero attached hydrogens (tertiary/aromatic N) is 1. The number of phenols is 1. The summed E-state index contributed by atoms with van der Waals surface area (Å²) >= 11 is 0. The van der Waals surface area contributed by atoms with E-state index in [1.54, 1.807) is 73.0 Å². The minimum atomic E-state index is -0.308. The Bertz CT molecular complexity index is 941. The van der Waals surface area contributed by atoms with Crippen molar-refractivity contribution >= 4 is 23.8 Å². The molecule has 0 fully saturated rings. The van der Waals surface area contributed by atoms with Gasteiger partial charge in [0.15, 0.2) is 5.78 Å². The molecule has 0 bridgehead atoms. The van der Waals surface area contributed by atoms with Crippen LogP contribution in [0.4, 0.5) is 10.1 Å².